The second-order valence-electron chi connectivity index (χ2n) is 7.78. The lowest BCUT2D eigenvalue weighted by atomic mass is 9.80. The molecule has 2 atom stereocenters. The molecule has 2 saturated heterocycles. The van der Waals surface area contributed by atoms with Crippen LogP contribution >= 0.6 is 0 Å². The molecular formula is C17H32N2O2. The first-order chi connectivity index (χ1) is 10.1. The molecule has 0 aromatic rings. The predicted molar refractivity (Wildman–Crippen MR) is 84.6 cm³/mol. The molecule has 3 fully saturated rings. The molecular weight excluding hydrogens is 264 g/mol. The molecule has 3 aliphatic rings. The zero-order valence-electron chi connectivity index (χ0n) is 13.8. The number of piperidine rings is 1. The Bertz CT molecular complexity index is 340. The Labute approximate surface area is 129 Å². The third kappa shape index (κ3) is 4.19. The van der Waals surface area contributed by atoms with E-state index in [1.165, 1.54) is 45.1 Å². The van der Waals surface area contributed by atoms with Gasteiger partial charge >= 0.3 is 0 Å². The van der Waals surface area contributed by atoms with Crippen molar-refractivity contribution in [3.8, 4) is 0 Å². The van der Waals surface area contributed by atoms with Crippen LogP contribution in [0, 0.1) is 5.41 Å². The molecule has 3 rings (SSSR count). The minimum atomic E-state index is 0.0406. The normalized spacial score (nSPS) is 38.6. The van der Waals surface area contributed by atoms with Crippen molar-refractivity contribution in [2.24, 2.45) is 5.41 Å². The maximum absolute atomic E-state index is 5.86. The van der Waals surface area contributed by atoms with Crippen LogP contribution in [0.4, 0.5) is 0 Å². The molecule has 2 unspecified atom stereocenters. The number of nitrogens with zero attached hydrogens (tertiary/aromatic N) is 1. The second kappa shape index (κ2) is 6.53. The molecule has 2 heterocycles. The summed E-state index contributed by atoms with van der Waals surface area (Å²) in [4.78, 5) is 2.62. The summed E-state index contributed by atoms with van der Waals surface area (Å²) in [5.41, 5.74) is 0.353. The molecule has 21 heavy (non-hydrogen) atoms. The zero-order valence-corrected chi connectivity index (χ0v) is 13.8. The van der Waals surface area contributed by atoms with E-state index in [0.29, 0.717) is 5.41 Å². The quantitative estimate of drug-likeness (QED) is 0.813. The molecule has 1 aliphatic carbocycles. The Morgan fingerprint density at radius 2 is 2.14 bits per heavy atom. The van der Waals surface area contributed by atoms with Crippen molar-refractivity contribution in [2.45, 2.75) is 57.1 Å². The van der Waals surface area contributed by atoms with E-state index in [4.69, 9.17) is 9.47 Å². The van der Waals surface area contributed by atoms with Gasteiger partial charge in [0, 0.05) is 44.8 Å². The summed E-state index contributed by atoms with van der Waals surface area (Å²) in [6, 6.07) is 0.786. The third-order valence-corrected chi connectivity index (χ3v) is 5.54. The molecule has 0 spiro atoms. The van der Waals surface area contributed by atoms with Crippen molar-refractivity contribution in [3.63, 3.8) is 0 Å². The van der Waals surface area contributed by atoms with Gasteiger partial charge in [0.15, 0.2) is 0 Å². The molecule has 1 N–H and O–H groups in total. The van der Waals surface area contributed by atoms with Gasteiger partial charge < -0.3 is 14.8 Å². The average molecular weight is 296 g/mol. The monoisotopic (exact) mass is 296 g/mol. The molecule has 122 valence electrons. The largest absolute Gasteiger partial charge is 0.381 e. The van der Waals surface area contributed by atoms with Crippen LogP contribution in [0.1, 0.15) is 45.4 Å². The number of nitrogens with one attached hydrogen (secondary N) is 1. The smallest absolute Gasteiger partial charge is 0.0777 e. The van der Waals surface area contributed by atoms with Gasteiger partial charge in [-0.15, -0.1) is 0 Å². The highest BCUT2D eigenvalue weighted by Crippen LogP contribution is 2.33. The van der Waals surface area contributed by atoms with Crippen LogP contribution in [0.25, 0.3) is 0 Å². The van der Waals surface area contributed by atoms with Crippen molar-refractivity contribution in [3.05, 3.63) is 0 Å². The Hall–Kier alpha value is -0.160. The number of hydrogen-bond donors (Lipinski definition) is 1. The van der Waals surface area contributed by atoms with E-state index in [1.807, 2.05) is 7.11 Å². The highest BCUT2D eigenvalue weighted by atomic mass is 16.5. The van der Waals surface area contributed by atoms with Crippen LogP contribution in [-0.2, 0) is 9.47 Å². The van der Waals surface area contributed by atoms with E-state index in [1.54, 1.807) is 0 Å². The number of hydrogen-bond acceptors (Lipinski definition) is 4. The lowest BCUT2D eigenvalue weighted by molar-refractivity contribution is -0.0773. The van der Waals surface area contributed by atoms with Crippen LogP contribution in [0.15, 0.2) is 0 Å². The first-order valence-corrected chi connectivity index (χ1v) is 8.72. The van der Waals surface area contributed by atoms with Crippen LogP contribution in [0.2, 0.25) is 0 Å². The van der Waals surface area contributed by atoms with E-state index in [-0.39, 0.29) is 5.60 Å². The summed E-state index contributed by atoms with van der Waals surface area (Å²) in [6.45, 7) is 8.68. The molecule has 4 nitrogen and oxygen atoms in total. The number of methoxy groups -OCH3 is 1. The van der Waals surface area contributed by atoms with Crippen molar-refractivity contribution >= 4 is 0 Å². The fraction of sp³-hybridized carbons (Fsp3) is 1.00. The highest BCUT2D eigenvalue weighted by molar-refractivity contribution is 4.94. The van der Waals surface area contributed by atoms with Crippen molar-refractivity contribution < 1.29 is 9.47 Å². The summed E-state index contributed by atoms with van der Waals surface area (Å²) in [5, 5.41) is 3.75. The van der Waals surface area contributed by atoms with Crippen LogP contribution in [0.3, 0.4) is 0 Å². The second-order valence-corrected chi connectivity index (χ2v) is 7.78. The van der Waals surface area contributed by atoms with Crippen molar-refractivity contribution in [1.29, 1.82) is 0 Å². The summed E-state index contributed by atoms with van der Waals surface area (Å²) < 4.78 is 11.6. The van der Waals surface area contributed by atoms with Crippen molar-refractivity contribution in [1.82, 2.24) is 10.2 Å². The zero-order chi connectivity index (χ0) is 14.8. The third-order valence-electron chi connectivity index (χ3n) is 5.54. The van der Waals surface area contributed by atoms with Gasteiger partial charge in [0.25, 0.3) is 0 Å². The maximum Gasteiger partial charge on any atom is 0.0777 e. The van der Waals surface area contributed by atoms with E-state index >= 15 is 0 Å². The number of ether oxygens (including phenoxy) is 2. The predicted octanol–water partition coefficient (Wildman–Crippen LogP) is 2.04. The SMILES string of the molecule is COC1(C)CCCN(CC2(CNC3CC3)CCCOC2)C1. The minimum Gasteiger partial charge on any atom is -0.381 e. The van der Waals surface area contributed by atoms with E-state index in [2.05, 4.69) is 17.1 Å². The molecule has 1 saturated carbocycles. The van der Waals surface area contributed by atoms with Gasteiger partial charge in [-0.25, -0.2) is 0 Å². The Morgan fingerprint density at radius 3 is 2.81 bits per heavy atom. The first-order valence-electron chi connectivity index (χ1n) is 8.72. The standard InChI is InChI=1S/C17H32N2O2/c1-16(20-2)7-3-9-19(12-16)13-17(8-4-10-21-14-17)11-18-15-5-6-15/h15,18H,3-14H2,1-2H3. The van der Waals surface area contributed by atoms with Gasteiger partial charge in [-0.05, 0) is 52.0 Å². The molecule has 0 aromatic heterocycles. The first kappa shape index (κ1) is 15.7. The maximum atomic E-state index is 5.86. The Kier molecular flexibility index (Phi) is 4.89. The van der Waals surface area contributed by atoms with Crippen LogP contribution < -0.4 is 5.32 Å². The topological polar surface area (TPSA) is 33.7 Å². The van der Waals surface area contributed by atoms with Gasteiger partial charge in [0.1, 0.15) is 0 Å². The van der Waals surface area contributed by atoms with Gasteiger partial charge in [0.2, 0.25) is 0 Å². The molecule has 0 amide bonds. The van der Waals surface area contributed by atoms with Gasteiger partial charge in [-0.2, -0.15) is 0 Å². The van der Waals surface area contributed by atoms with Crippen LogP contribution in [-0.4, -0.2) is 63.0 Å². The van der Waals surface area contributed by atoms with E-state index in [0.717, 1.165) is 38.9 Å². The summed E-state index contributed by atoms with van der Waals surface area (Å²) in [6.07, 6.45) is 7.67. The van der Waals surface area contributed by atoms with Gasteiger partial charge in [-0.1, -0.05) is 0 Å². The number of rotatable bonds is 6. The summed E-state index contributed by atoms with van der Waals surface area (Å²) in [5.74, 6) is 0. The lowest BCUT2D eigenvalue weighted by Gasteiger charge is -2.46. The fourth-order valence-corrected chi connectivity index (χ4v) is 3.96. The molecule has 0 aromatic carbocycles. The van der Waals surface area contributed by atoms with Crippen molar-refractivity contribution in [2.75, 3.05) is 46.5 Å². The number of likely N-dealkylation sites (tertiary alicyclic amines) is 1. The Morgan fingerprint density at radius 1 is 1.29 bits per heavy atom. The van der Waals surface area contributed by atoms with Gasteiger partial charge in [0.05, 0.1) is 12.2 Å². The fourth-order valence-electron chi connectivity index (χ4n) is 3.96. The van der Waals surface area contributed by atoms with Gasteiger partial charge in [-0.3, -0.25) is 4.90 Å². The molecule has 4 heteroatoms. The lowest BCUT2D eigenvalue weighted by Crippen LogP contribution is -2.54. The minimum absolute atomic E-state index is 0.0406. The highest BCUT2D eigenvalue weighted by Gasteiger charge is 2.39. The van der Waals surface area contributed by atoms with E-state index in [9.17, 15) is 0 Å². The molecule has 0 radical (unpaired) electrons. The summed E-state index contributed by atoms with van der Waals surface area (Å²) >= 11 is 0. The molecule has 0 bridgehead atoms. The average Bonchev–Trinajstić information content (AvgIpc) is 3.31. The van der Waals surface area contributed by atoms with Crippen LogP contribution in [0.5, 0.6) is 0 Å². The summed E-state index contributed by atoms with van der Waals surface area (Å²) in [7, 11) is 1.86. The molecule has 2 aliphatic heterocycles. The Balaban J connectivity index is 1.59. The van der Waals surface area contributed by atoms with E-state index < -0.39 is 0 Å².